The second-order valence-corrected chi connectivity index (χ2v) is 4.70. The van der Waals surface area contributed by atoms with E-state index in [-0.39, 0.29) is 56.4 Å². The van der Waals surface area contributed by atoms with E-state index >= 15 is 0 Å². The van der Waals surface area contributed by atoms with E-state index in [0.717, 1.165) is 18.4 Å². The van der Waals surface area contributed by atoms with Gasteiger partial charge >= 0.3 is 26.2 Å². The summed E-state index contributed by atoms with van der Waals surface area (Å²) in [6.07, 6.45) is 18.2. The van der Waals surface area contributed by atoms with Gasteiger partial charge < -0.3 is 0 Å². The number of rotatable bonds is 0. The third-order valence-electron chi connectivity index (χ3n) is 1.85. The van der Waals surface area contributed by atoms with Crippen molar-refractivity contribution in [2.75, 3.05) is 0 Å². The zero-order valence-electron chi connectivity index (χ0n) is 11.6. The molecule has 0 aliphatic heterocycles. The molecule has 102 valence electrons. The Hall–Kier alpha value is -0.0169. The average Bonchev–Trinajstić information content (AvgIpc) is 2.90. The van der Waals surface area contributed by atoms with Crippen molar-refractivity contribution in [3.8, 4) is 11.8 Å². The van der Waals surface area contributed by atoms with Gasteiger partial charge in [-0.05, 0) is 0 Å². The molecule has 0 aromatic carbocycles. The summed E-state index contributed by atoms with van der Waals surface area (Å²) >= 11 is 0. The van der Waals surface area contributed by atoms with Crippen molar-refractivity contribution in [3.63, 3.8) is 0 Å². The fraction of sp³-hybridized carbons (Fsp3) is 0.375. The van der Waals surface area contributed by atoms with Gasteiger partial charge in [-0.15, -0.1) is 37.3 Å². The van der Waals surface area contributed by atoms with Crippen LogP contribution in [0.25, 0.3) is 0 Å². The first-order valence-corrected chi connectivity index (χ1v) is 5.60. The first-order valence-electron chi connectivity index (χ1n) is 5.60. The molecule has 0 N–H and O–H groups in total. The van der Waals surface area contributed by atoms with Gasteiger partial charge in [-0.25, -0.2) is 18.1 Å². The van der Waals surface area contributed by atoms with E-state index in [1.165, 1.54) is 0 Å². The fourth-order valence-electron chi connectivity index (χ4n) is 1.09. The van der Waals surface area contributed by atoms with Crippen LogP contribution in [0.5, 0.6) is 0 Å². The zero-order chi connectivity index (χ0) is 11.9. The molecule has 0 nitrogen and oxygen atoms in total. The van der Waals surface area contributed by atoms with Gasteiger partial charge in [0.1, 0.15) is 0 Å². The molecule has 0 aromatic heterocycles. The minimum atomic E-state index is 0. The van der Waals surface area contributed by atoms with Crippen LogP contribution in [-0.2, 0) is 26.2 Å². The molecule has 3 heteroatoms. The molecule has 0 heterocycles. The summed E-state index contributed by atoms with van der Waals surface area (Å²) in [4.78, 5) is 0. The molecule has 0 unspecified atom stereocenters. The summed E-state index contributed by atoms with van der Waals surface area (Å²) in [5.74, 6) is 6.25. The molecule has 2 aliphatic carbocycles. The normalized spacial score (nSPS) is 13.7. The number of hydrogen-bond acceptors (Lipinski definition) is 0. The summed E-state index contributed by atoms with van der Waals surface area (Å²) in [6, 6.07) is 0. The quantitative estimate of drug-likeness (QED) is 0.419. The molecule has 0 atom stereocenters. The second kappa shape index (κ2) is 13.0. The van der Waals surface area contributed by atoms with Gasteiger partial charge in [0, 0.05) is 5.41 Å². The molecule has 2 rings (SSSR count). The van der Waals surface area contributed by atoms with Gasteiger partial charge in [-0.3, -0.25) is 6.08 Å². The van der Waals surface area contributed by atoms with Crippen LogP contribution >= 0.6 is 24.8 Å². The Kier molecular flexibility index (Phi) is 16.4. The molecule has 0 saturated heterocycles. The van der Waals surface area contributed by atoms with E-state index in [1.807, 2.05) is 18.2 Å². The molecule has 0 aromatic rings. The summed E-state index contributed by atoms with van der Waals surface area (Å²) in [5, 5.41) is 0. The summed E-state index contributed by atoms with van der Waals surface area (Å²) in [6.45, 7) is 6.33. The average molecular weight is 374 g/mol. The van der Waals surface area contributed by atoms with Crippen LogP contribution in [0.2, 0.25) is 0 Å². The van der Waals surface area contributed by atoms with E-state index in [2.05, 4.69) is 56.9 Å². The van der Waals surface area contributed by atoms with Crippen LogP contribution in [0.4, 0.5) is 0 Å². The summed E-state index contributed by atoms with van der Waals surface area (Å²) < 4.78 is 0. The topological polar surface area (TPSA) is 0 Å². The third kappa shape index (κ3) is 14.2. The van der Waals surface area contributed by atoms with Crippen molar-refractivity contribution in [2.24, 2.45) is 5.41 Å². The third-order valence-corrected chi connectivity index (χ3v) is 1.85. The molecule has 0 bridgehead atoms. The zero-order valence-corrected chi connectivity index (χ0v) is 15.7. The van der Waals surface area contributed by atoms with Crippen molar-refractivity contribution < 1.29 is 26.2 Å². The van der Waals surface area contributed by atoms with Crippen LogP contribution in [0.15, 0.2) is 36.0 Å². The van der Waals surface area contributed by atoms with Crippen LogP contribution in [-0.4, -0.2) is 0 Å². The molecule has 0 radical (unpaired) electrons. The summed E-state index contributed by atoms with van der Waals surface area (Å²) in [5.41, 5.74) is 1.14. The van der Waals surface area contributed by atoms with Gasteiger partial charge in [-0.2, -0.15) is 29.7 Å². The summed E-state index contributed by atoms with van der Waals surface area (Å²) in [7, 11) is 0. The first kappa shape index (κ1) is 24.0. The predicted molar refractivity (Wildman–Crippen MR) is 83.8 cm³/mol. The van der Waals surface area contributed by atoms with Crippen LogP contribution in [0, 0.1) is 29.4 Å². The minimum Gasteiger partial charge on any atom is -0.273 e. The van der Waals surface area contributed by atoms with Gasteiger partial charge in [0.05, 0.1) is 0 Å². The standard InChI is InChI=1S/C11H13.C5H5.2ClH.Zr/c1-11(2,3)9-8-10-6-4-5-7-10;1-2-4-5-3-1;;;/h4,6H,5H2,1-3H3;1-3H,4H2;2*1H;/q2*-1;;;+2. The Balaban J connectivity index is -0.000000277. The SMILES string of the molecule is CC(C)(C)C#CC1=[C-]CC=C1.Cl.Cl.[C-]1=CC=CC1.[Zr+2]. The Labute approximate surface area is 149 Å². The van der Waals surface area contributed by atoms with Crippen molar-refractivity contribution in [3.05, 3.63) is 48.1 Å². The molecular formula is C16H20Cl2Zr. The van der Waals surface area contributed by atoms with Crippen molar-refractivity contribution >= 4 is 24.8 Å². The van der Waals surface area contributed by atoms with Gasteiger partial charge in [0.2, 0.25) is 0 Å². The van der Waals surface area contributed by atoms with Crippen LogP contribution in [0.1, 0.15) is 33.6 Å². The van der Waals surface area contributed by atoms with Crippen molar-refractivity contribution in [1.82, 2.24) is 0 Å². The molecule has 0 amide bonds. The molecule has 19 heavy (non-hydrogen) atoms. The van der Waals surface area contributed by atoms with Gasteiger partial charge in [0.25, 0.3) is 0 Å². The Morgan fingerprint density at radius 2 is 1.79 bits per heavy atom. The van der Waals surface area contributed by atoms with Crippen LogP contribution < -0.4 is 0 Å². The molecule has 0 spiro atoms. The maximum absolute atomic E-state index is 3.16. The second-order valence-electron chi connectivity index (χ2n) is 4.70. The number of hydrogen-bond donors (Lipinski definition) is 0. The van der Waals surface area contributed by atoms with E-state index < -0.39 is 0 Å². The Bertz CT molecular complexity index is 389. The Morgan fingerprint density at radius 3 is 2.11 bits per heavy atom. The van der Waals surface area contributed by atoms with Crippen LogP contribution in [0.3, 0.4) is 0 Å². The van der Waals surface area contributed by atoms with E-state index in [4.69, 9.17) is 0 Å². The van der Waals surface area contributed by atoms with E-state index in [1.54, 1.807) is 0 Å². The molecule has 0 fully saturated rings. The molecular weight excluding hydrogens is 354 g/mol. The fourth-order valence-corrected chi connectivity index (χ4v) is 1.09. The van der Waals surface area contributed by atoms with E-state index in [9.17, 15) is 0 Å². The molecule has 2 aliphatic rings. The Morgan fingerprint density at radius 1 is 1.11 bits per heavy atom. The van der Waals surface area contributed by atoms with Gasteiger partial charge in [0.15, 0.2) is 0 Å². The van der Waals surface area contributed by atoms with Crippen molar-refractivity contribution in [1.29, 1.82) is 0 Å². The predicted octanol–water partition coefficient (Wildman–Crippen LogP) is 4.87. The maximum atomic E-state index is 3.16. The number of halogens is 2. The minimum absolute atomic E-state index is 0. The van der Waals surface area contributed by atoms with E-state index in [0.29, 0.717) is 0 Å². The smallest absolute Gasteiger partial charge is 0.273 e. The maximum Gasteiger partial charge on any atom is 2.00 e. The van der Waals surface area contributed by atoms with Crippen molar-refractivity contribution in [2.45, 2.75) is 33.6 Å². The monoisotopic (exact) mass is 372 g/mol. The number of allylic oxidation sites excluding steroid dienone is 8. The largest absolute Gasteiger partial charge is 2.00 e. The molecule has 0 saturated carbocycles. The van der Waals surface area contributed by atoms with Gasteiger partial charge in [-0.1, -0.05) is 27.2 Å². The first-order chi connectivity index (χ1) is 7.58.